The molecule has 8 heavy (non-hydrogen) atoms. The molecule has 0 bridgehead atoms. The molecule has 2 heteroatoms. The fraction of sp³-hybridized carbons (Fsp3) is 0.667. The van der Waals surface area contributed by atoms with E-state index < -0.39 is 0 Å². The van der Waals surface area contributed by atoms with Gasteiger partial charge in [-0.2, -0.15) is 0 Å². The van der Waals surface area contributed by atoms with Gasteiger partial charge in [0.15, 0.2) is 0 Å². The maximum atomic E-state index is 6.72. The second-order valence-corrected chi connectivity index (χ2v) is 1.25. The van der Waals surface area contributed by atoms with Crippen molar-refractivity contribution in [2.75, 3.05) is 0 Å². The Morgan fingerprint density at radius 2 is 1.00 bits per heavy atom. The first-order valence-corrected chi connectivity index (χ1v) is 2.75. The van der Waals surface area contributed by atoms with Crippen LogP contribution in [0.3, 0.4) is 0 Å². The second-order valence-electron chi connectivity index (χ2n) is 1.25. The lowest BCUT2D eigenvalue weighted by atomic mass is 10.3. The first-order valence-electron chi connectivity index (χ1n) is 2.75. The zero-order valence-electron chi connectivity index (χ0n) is 6.00. The smallest absolute Gasteiger partial charge is 0.0487 e. The van der Waals surface area contributed by atoms with Crippen LogP contribution in [0.25, 0.3) is 0 Å². The maximum Gasteiger partial charge on any atom is 0.0487 e. The molecular weight excluding hydrogens is 100 g/mol. The van der Waals surface area contributed by atoms with Gasteiger partial charge >= 0.3 is 0 Å². The molecule has 0 saturated carbocycles. The molecule has 0 aliphatic heterocycles. The first kappa shape index (κ1) is 10.3. The van der Waals surface area contributed by atoms with E-state index in [1.165, 1.54) is 0 Å². The zero-order valence-corrected chi connectivity index (χ0v) is 6.00. The third-order valence-electron chi connectivity index (χ3n) is 0.562. The minimum Gasteiger partial charge on any atom is -0.304 e. The van der Waals surface area contributed by atoms with Crippen molar-refractivity contribution in [2.45, 2.75) is 27.7 Å². The van der Waals surface area contributed by atoms with Gasteiger partial charge in [-0.05, 0) is 13.8 Å². The van der Waals surface area contributed by atoms with E-state index in [-0.39, 0.29) is 0 Å². The molecule has 0 rings (SSSR count). The predicted molar refractivity (Wildman–Crippen MR) is 38.1 cm³/mol. The summed E-state index contributed by atoms with van der Waals surface area (Å²) in [6.07, 6.45) is 0. The Bertz CT molecular complexity index is 72.5. The third-order valence-corrected chi connectivity index (χ3v) is 0.562. The molecule has 0 heterocycles. The van der Waals surface area contributed by atoms with E-state index in [0.29, 0.717) is 11.4 Å². The molecule has 0 aliphatic carbocycles. The van der Waals surface area contributed by atoms with Crippen LogP contribution in [-0.2, 0) is 0 Å². The average Bonchev–Trinajstić information content (AvgIpc) is 1.72. The Labute approximate surface area is 50.9 Å². The fourth-order valence-corrected chi connectivity index (χ4v) is 0. The number of hydrogen-bond donors (Lipinski definition) is 2. The molecule has 0 radical (unpaired) electrons. The van der Waals surface area contributed by atoms with Gasteiger partial charge < -0.3 is 10.8 Å². The molecule has 0 fully saturated rings. The van der Waals surface area contributed by atoms with Gasteiger partial charge in [0.2, 0.25) is 0 Å². The van der Waals surface area contributed by atoms with Gasteiger partial charge in [0.25, 0.3) is 0 Å². The van der Waals surface area contributed by atoms with Crippen molar-refractivity contribution in [2.24, 2.45) is 0 Å². The van der Waals surface area contributed by atoms with E-state index in [1.54, 1.807) is 13.8 Å². The quantitative estimate of drug-likeness (QED) is 0.490. The van der Waals surface area contributed by atoms with Crippen LogP contribution in [0.1, 0.15) is 27.7 Å². The highest BCUT2D eigenvalue weighted by atomic mass is 14.5. The lowest BCUT2D eigenvalue weighted by Gasteiger charge is -1.83. The largest absolute Gasteiger partial charge is 0.304 e. The molecule has 2 N–H and O–H groups in total. The highest BCUT2D eigenvalue weighted by molar-refractivity contribution is 6.37. The molecule has 0 saturated heterocycles. The van der Waals surface area contributed by atoms with Crippen LogP contribution >= 0.6 is 0 Å². The zero-order chi connectivity index (χ0) is 7.15. The number of nitrogens with one attached hydrogen (secondary N) is 2. The van der Waals surface area contributed by atoms with Crippen LogP contribution in [0.15, 0.2) is 0 Å². The lowest BCUT2D eigenvalue weighted by molar-refractivity contribution is 1.45. The van der Waals surface area contributed by atoms with Crippen LogP contribution in [0.4, 0.5) is 0 Å². The predicted octanol–water partition coefficient (Wildman–Crippen LogP) is 2.09. The minimum absolute atomic E-state index is 0.343. The van der Waals surface area contributed by atoms with Gasteiger partial charge in [-0.3, -0.25) is 0 Å². The Morgan fingerprint density at radius 3 is 1.00 bits per heavy atom. The number of rotatable bonds is 1. The van der Waals surface area contributed by atoms with Gasteiger partial charge in [0.1, 0.15) is 0 Å². The molecule has 0 amide bonds. The summed E-state index contributed by atoms with van der Waals surface area (Å²) in [6.45, 7) is 7.20. The Hall–Kier alpha value is -0.660. The molecular formula is C6H14N2. The van der Waals surface area contributed by atoms with E-state index in [4.69, 9.17) is 10.8 Å². The Morgan fingerprint density at radius 1 is 0.875 bits per heavy atom. The van der Waals surface area contributed by atoms with Crippen molar-refractivity contribution in [3.63, 3.8) is 0 Å². The van der Waals surface area contributed by atoms with Crippen molar-refractivity contribution in [3.05, 3.63) is 0 Å². The van der Waals surface area contributed by atoms with Crippen molar-refractivity contribution in [1.29, 1.82) is 10.8 Å². The maximum absolute atomic E-state index is 6.72. The van der Waals surface area contributed by atoms with Gasteiger partial charge in [-0.15, -0.1) is 0 Å². The van der Waals surface area contributed by atoms with Gasteiger partial charge in [0.05, 0.1) is 0 Å². The molecule has 0 spiro atoms. The fourth-order valence-electron chi connectivity index (χ4n) is 0. The normalized spacial score (nSPS) is 6.50. The molecule has 2 nitrogen and oxygen atoms in total. The summed E-state index contributed by atoms with van der Waals surface area (Å²) in [4.78, 5) is 0. The number of hydrogen-bond acceptors (Lipinski definition) is 2. The topological polar surface area (TPSA) is 47.7 Å². The van der Waals surface area contributed by atoms with E-state index in [9.17, 15) is 0 Å². The monoisotopic (exact) mass is 114 g/mol. The molecule has 0 aromatic heterocycles. The molecule has 0 unspecified atom stereocenters. The average molecular weight is 114 g/mol. The molecule has 0 aliphatic rings. The van der Waals surface area contributed by atoms with Gasteiger partial charge in [-0.25, -0.2) is 0 Å². The molecule has 0 aromatic carbocycles. The van der Waals surface area contributed by atoms with Crippen LogP contribution in [-0.4, -0.2) is 11.4 Å². The summed E-state index contributed by atoms with van der Waals surface area (Å²) < 4.78 is 0. The van der Waals surface area contributed by atoms with Crippen LogP contribution < -0.4 is 0 Å². The summed E-state index contributed by atoms with van der Waals surface area (Å²) in [5.41, 5.74) is 0.685. The standard InChI is InChI=1S/C4H8N2.C2H6/c1-3(5)4(2)6;1-2/h5-6H,1-2H3;1-2H3. The van der Waals surface area contributed by atoms with Gasteiger partial charge in [-0.1, -0.05) is 13.8 Å². The van der Waals surface area contributed by atoms with Crippen molar-refractivity contribution < 1.29 is 0 Å². The summed E-state index contributed by atoms with van der Waals surface area (Å²) in [7, 11) is 0. The highest BCUT2D eigenvalue weighted by Crippen LogP contribution is 1.69. The summed E-state index contributed by atoms with van der Waals surface area (Å²) in [5, 5.41) is 13.4. The highest BCUT2D eigenvalue weighted by Gasteiger charge is 1.83. The summed E-state index contributed by atoms with van der Waals surface area (Å²) in [5.74, 6) is 0. The van der Waals surface area contributed by atoms with E-state index in [1.807, 2.05) is 13.8 Å². The van der Waals surface area contributed by atoms with E-state index >= 15 is 0 Å². The summed E-state index contributed by atoms with van der Waals surface area (Å²) >= 11 is 0. The Kier molecular flexibility index (Phi) is 8.20. The third kappa shape index (κ3) is 9.02. The van der Waals surface area contributed by atoms with Gasteiger partial charge in [0, 0.05) is 11.4 Å². The Balaban J connectivity index is 0. The molecule has 0 atom stereocenters. The van der Waals surface area contributed by atoms with Crippen LogP contribution in [0, 0.1) is 10.8 Å². The lowest BCUT2D eigenvalue weighted by Crippen LogP contribution is -1.99. The summed E-state index contributed by atoms with van der Waals surface area (Å²) in [6, 6.07) is 0. The van der Waals surface area contributed by atoms with Crippen molar-refractivity contribution in [3.8, 4) is 0 Å². The van der Waals surface area contributed by atoms with E-state index in [2.05, 4.69) is 0 Å². The van der Waals surface area contributed by atoms with Crippen LogP contribution in [0.2, 0.25) is 0 Å². The van der Waals surface area contributed by atoms with Crippen molar-refractivity contribution in [1.82, 2.24) is 0 Å². The first-order chi connectivity index (χ1) is 3.64. The molecule has 0 aromatic rings. The van der Waals surface area contributed by atoms with Crippen molar-refractivity contribution >= 4 is 11.4 Å². The molecule has 48 valence electrons. The van der Waals surface area contributed by atoms with Crippen LogP contribution in [0.5, 0.6) is 0 Å². The van der Waals surface area contributed by atoms with E-state index in [0.717, 1.165) is 0 Å². The minimum atomic E-state index is 0.343. The SMILES string of the molecule is CC.CC(=N)C(C)=N. The second kappa shape index (κ2) is 6.34.